The number of halogens is 1. The summed E-state index contributed by atoms with van der Waals surface area (Å²) in [5, 5.41) is 28.1. The molecule has 13 heteroatoms. The van der Waals surface area contributed by atoms with Crippen LogP contribution in [0.15, 0.2) is 22.7 Å². The lowest BCUT2D eigenvalue weighted by Gasteiger charge is -2.36. The van der Waals surface area contributed by atoms with Gasteiger partial charge in [0.15, 0.2) is 0 Å². The third-order valence-corrected chi connectivity index (χ3v) is 10.1. The maximum absolute atomic E-state index is 14.4. The van der Waals surface area contributed by atoms with Crippen molar-refractivity contribution in [1.82, 2.24) is 35.3 Å². The molecule has 5 fully saturated rings. The number of phenolic OH excluding ortho intramolecular Hbond substituents is 1. The highest BCUT2D eigenvalue weighted by molar-refractivity contribution is 5.66. The van der Waals surface area contributed by atoms with Crippen molar-refractivity contribution in [3.8, 4) is 40.9 Å². The fraction of sp³-hybridized carbons (Fsp3) is 0.600. The number of aromatic hydroxyl groups is 1. The molecule has 1 aliphatic carbocycles. The van der Waals surface area contributed by atoms with Crippen LogP contribution in [0.3, 0.4) is 0 Å². The molecule has 1 aromatic carbocycles. The molecule has 2 aromatic heterocycles. The Bertz CT molecular complexity index is 1580. The molecule has 6 heterocycles. The molecule has 4 atom stereocenters. The first-order valence-electron chi connectivity index (χ1n) is 15.3. The molecular weight excluding hydrogens is 553 g/mol. The van der Waals surface area contributed by atoms with Crippen molar-refractivity contribution in [2.75, 3.05) is 37.7 Å². The normalized spacial score (nSPS) is 29.3. The van der Waals surface area contributed by atoms with Gasteiger partial charge in [-0.25, -0.2) is 4.39 Å². The molecule has 12 nitrogen and oxygen atoms in total. The van der Waals surface area contributed by atoms with E-state index in [-0.39, 0.29) is 34.8 Å². The smallest absolute Gasteiger partial charge is 0.321 e. The molecule has 224 valence electrons. The van der Waals surface area contributed by atoms with Crippen LogP contribution in [0.2, 0.25) is 0 Å². The third kappa shape index (κ3) is 4.58. The summed E-state index contributed by atoms with van der Waals surface area (Å²) < 4.78 is 26.3. The summed E-state index contributed by atoms with van der Waals surface area (Å²) in [6.07, 6.45) is 6.12. The lowest BCUT2D eigenvalue weighted by molar-refractivity contribution is 0.107. The van der Waals surface area contributed by atoms with E-state index < -0.39 is 11.6 Å². The summed E-state index contributed by atoms with van der Waals surface area (Å²) in [6.45, 7) is 3.14. The molecule has 8 rings (SSSR count). The second-order valence-corrected chi connectivity index (χ2v) is 12.8. The van der Waals surface area contributed by atoms with Crippen LogP contribution in [-0.4, -0.2) is 91.7 Å². The number of hydrogen-bond acceptors (Lipinski definition) is 12. The van der Waals surface area contributed by atoms with E-state index >= 15 is 0 Å². The van der Waals surface area contributed by atoms with Crippen molar-refractivity contribution in [3.63, 3.8) is 0 Å². The van der Waals surface area contributed by atoms with Gasteiger partial charge >= 0.3 is 6.01 Å². The van der Waals surface area contributed by atoms with Crippen LogP contribution in [0.4, 0.5) is 10.3 Å². The highest BCUT2D eigenvalue weighted by Crippen LogP contribution is 2.47. The number of phenols is 1. The van der Waals surface area contributed by atoms with Gasteiger partial charge in [-0.05, 0) is 69.2 Å². The topological polar surface area (TPSA) is 149 Å². The summed E-state index contributed by atoms with van der Waals surface area (Å²) in [5.74, 6) is 1.06. The van der Waals surface area contributed by atoms with Crippen molar-refractivity contribution in [3.05, 3.63) is 23.8 Å². The van der Waals surface area contributed by atoms with Gasteiger partial charge in [0, 0.05) is 43.7 Å². The van der Waals surface area contributed by atoms with Crippen LogP contribution >= 0.6 is 0 Å². The molecule has 5 aliphatic rings. The van der Waals surface area contributed by atoms with Crippen LogP contribution in [-0.2, 0) is 5.41 Å². The Morgan fingerprint density at radius 2 is 1.91 bits per heavy atom. The fourth-order valence-electron chi connectivity index (χ4n) is 7.78. The first-order valence-corrected chi connectivity index (χ1v) is 15.3. The van der Waals surface area contributed by atoms with E-state index in [1.165, 1.54) is 0 Å². The van der Waals surface area contributed by atoms with Gasteiger partial charge in [-0.2, -0.15) is 25.2 Å². The predicted octanol–water partition coefficient (Wildman–Crippen LogP) is 3.14. The highest BCUT2D eigenvalue weighted by atomic mass is 19.1. The molecule has 1 saturated carbocycles. The number of ether oxygens (including phenoxy) is 1. The SMILES string of the molecule is N#CC1(c2ccc(O)cc2-c2nc(-c3nc(OCC45CCCN4C[C@H](F)C5)nc(N4CC5CCC(C4)N5)n3)no2)CCC1. The minimum Gasteiger partial charge on any atom is -0.508 e. The van der Waals surface area contributed by atoms with Crippen LogP contribution in [0.5, 0.6) is 11.8 Å². The second kappa shape index (κ2) is 10.1. The lowest BCUT2D eigenvalue weighted by atomic mass is 9.64. The van der Waals surface area contributed by atoms with E-state index in [0.29, 0.717) is 43.2 Å². The fourth-order valence-corrected chi connectivity index (χ4v) is 7.78. The van der Waals surface area contributed by atoms with Crippen molar-refractivity contribution >= 4 is 5.95 Å². The van der Waals surface area contributed by atoms with E-state index in [2.05, 4.69) is 36.3 Å². The Kier molecular flexibility index (Phi) is 6.27. The second-order valence-electron chi connectivity index (χ2n) is 12.8. The number of fused-ring (bicyclic) bond motifs is 3. The number of anilines is 1. The maximum Gasteiger partial charge on any atom is 0.321 e. The highest BCUT2D eigenvalue weighted by Gasteiger charge is 2.49. The number of rotatable bonds is 7. The molecule has 4 saturated heterocycles. The maximum atomic E-state index is 14.4. The summed E-state index contributed by atoms with van der Waals surface area (Å²) in [5.41, 5.74) is 0.289. The predicted molar refractivity (Wildman–Crippen MR) is 152 cm³/mol. The van der Waals surface area contributed by atoms with Gasteiger partial charge in [0.25, 0.3) is 5.89 Å². The molecule has 2 N–H and O–H groups in total. The quantitative estimate of drug-likeness (QED) is 0.418. The molecule has 0 amide bonds. The monoisotopic (exact) mass is 587 g/mol. The van der Waals surface area contributed by atoms with E-state index in [1.807, 2.05) is 0 Å². The summed E-state index contributed by atoms with van der Waals surface area (Å²) in [4.78, 5) is 23.0. The van der Waals surface area contributed by atoms with Crippen molar-refractivity contribution in [1.29, 1.82) is 5.26 Å². The van der Waals surface area contributed by atoms with Crippen LogP contribution in [0.25, 0.3) is 23.1 Å². The van der Waals surface area contributed by atoms with E-state index in [1.54, 1.807) is 18.2 Å². The average Bonchev–Trinajstić information content (AvgIpc) is 3.76. The Hall–Kier alpha value is -3.89. The Labute approximate surface area is 248 Å². The van der Waals surface area contributed by atoms with E-state index in [4.69, 9.17) is 19.2 Å². The number of nitrogens with zero attached hydrogens (tertiary/aromatic N) is 8. The number of alkyl halides is 1. The summed E-state index contributed by atoms with van der Waals surface area (Å²) in [6, 6.07) is 8.25. The molecule has 4 aliphatic heterocycles. The molecular formula is C30H34FN9O3. The first-order chi connectivity index (χ1) is 20.9. The molecule has 2 bridgehead atoms. The zero-order valence-corrected chi connectivity index (χ0v) is 23.9. The van der Waals surface area contributed by atoms with Crippen LogP contribution < -0.4 is 15.0 Å². The number of nitriles is 1. The van der Waals surface area contributed by atoms with Gasteiger partial charge in [-0.1, -0.05) is 11.2 Å². The number of hydrogen-bond donors (Lipinski definition) is 2. The summed E-state index contributed by atoms with van der Waals surface area (Å²) in [7, 11) is 0. The zero-order chi connectivity index (χ0) is 29.2. The van der Waals surface area contributed by atoms with Gasteiger partial charge in [0.1, 0.15) is 18.5 Å². The Morgan fingerprint density at radius 1 is 1.07 bits per heavy atom. The standard InChI is InChI=1S/C30H34FN9O3/c31-18-12-30(9-2-10-40(30)13-18)17-42-28-36-24(35-27(37-28)39-14-19-3-4-20(15-39)33-19)25-34-26(43-38-25)22-11-21(41)5-6-23(22)29(16-32)7-1-8-29/h5-6,11,18-20,33,41H,1-4,7-10,12-15,17H2/t18-,19?,20?,30?/m1/s1. The van der Waals surface area contributed by atoms with Crippen LogP contribution in [0, 0.1) is 11.3 Å². The molecule has 43 heavy (non-hydrogen) atoms. The van der Waals surface area contributed by atoms with Gasteiger partial charge in [0.2, 0.25) is 17.6 Å². The van der Waals surface area contributed by atoms with Gasteiger partial charge < -0.3 is 24.6 Å². The number of piperazine rings is 1. The number of aromatic nitrogens is 5. The minimum atomic E-state index is -0.857. The van der Waals surface area contributed by atoms with Crippen molar-refractivity contribution in [2.24, 2.45) is 0 Å². The van der Waals surface area contributed by atoms with E-state index in [0.717, 1.165) is 70.1 Å². The Morgan fingerprint density at radius 3 is 2.67 bits per heavy atom. The molecule has 3 aromatic rings. The minimum absolute atomic E-state index is 0.0418. The number of nitrogens with one attached hydrogen (secondary N) is 1. The zero-order valence-electron chi connectivity index (χ0n) is 23.9. The van der Waals surface area contributed by atoms with Crippen LogP contribution in [0.1, 0.15) is 56.9 Å². The molecule has 0 radical (unpaired) electrons. The first kappa shape index (κ1) is 26.7. The van der Waals surface area contributed by atoms with Gasteiger partial charge in [-0.15, -0.1) is 0 Å². The summed E-state index contributed by atoms with van der Waals surface area (Å²) >= 11 is 0. The number of benzene rings is 1. The van der Waals surface area contributed by atoms with Gasteiger partial charge in [-0.3, -0.25) is 4.90 Å². The molecule has 0 spiro atoms. The molecule has 3 unspecified atom stereocenters. The van der Waals surface area contributed by atoms with Gasteiger partial charge in [0.05, 0.1) is 17.0 Å². The third-order valence-electron chi connectivity index (χ3n) is 10.1. The lowest BCUT2D eigenvalue weighted by Crippen LogP contribution is -2.51. The van der Waals surface area contributed by atoms with Crippen molar-refractivity contribution < 1.29 is 18.8 Å². The van der Waals surface area contributed by atoms with Crippen molar-refractivity contribution in [2.45, 2.75) is 80.6 Å². The largest absolute Gasteiger partial charge is 0.508 e. The Balaban J connectivity index is 1.14. The van der Waals surface area contributed by atoms with E-state index in [9.17, 15) is 14.8 Å². The average molecular weight is 588 g/mol.